The second-order valence-electron chi connectivity index (χ2n) is 3.68. The first-order valence-electron chi connectivity index (χ1n) is 5.71. The summed E-state index contributed by atoms with van der Waals surface area (Å²) in [5, 5.41) is 0. The maximum absolute atomic E-state index is 3.84. The smallest absolute Gasteiger partial charge is 0 e. The molecule has 0 saturated carbocycles. The van der Waals surface area contributed by atoms with Gasteiger partial charge in [0.1, 0.15) is 0 Å². The predicted molar refractivity (Wildman–Crippen MR) is 57.2 cm³/mol. The normalized spacial score (nSPS) is 9.69. The van der Waals surface area contributed by atoms with Gasteiger partial charge in [-0.15, -0.1) is 0 Å². The predicted octanol–water partition coefficient (Wildman–Crippen LogP) is 4.74. The van der Waals surface area contributed by atoms with Crippen LogP contribution in [0, 0.1) is 6.92 Å². The molecule has 0 saturated heterocycles. The summed E-state index contributed by atoms with van der Waals surface area (Å²) in [6.07, 6.45) is 13.9. The summed E-state index contributed by atoms with van der Waals surface area (Å²) in [6.45, 7) is 6.12. The fourth-order valence-electron chi connectivity index (χ4n) is 1.49. The van der Waals surface area contributed by atoms with Gasteiger partial charge in [0.15, 0.2) is 0 Å². The average molecular weight is 265 g/mol. The first kappa shape index (κ1) is 16.1. The van der Waals surface area contributed by atoms with Gasteiger partial charge in [-0.3, -0.25) is 0 Å². The molecule has 80 valence electrons. The Balaban J connectivity index is 0. The molecular formula is C12H25Mo-. The van der Waals surface area contributed by atoms with E-state index in [1.165, 1.54) is 57.8 Å². The summed E-state index contributed by atoms with van der Waals surface area (Å²) < 4.78 is 0. The van der Waals surface area contributed by atoms with Crippen LogP contribution in [0.25, 0.3) is 0 Å². The van der Waals surface area contributed by atoms with Crippen molar-refractivity contribution in [2.75, 3.05) is 0 Å². The molecule has 13 heavy (non-hydrogen) atoms. The van der Waals surface area contributed by atoms with Gasteiger partial charge in [0.2, 0.25) is 0 Å². The van der Waals surface area contributed by atoms with Crippen molar-refractivity contribution in [1.29, 1.82) is 0 Å². The molecule has 0 fully saturated rings. The molecule has 0 unspecified atom stereocenters. The van der Waals surface area contributed by atoms with Crippen LogP contribution in [-0.2, 0) is 21.1 Å². The molecule has 0 N–H and O–H groups in total. The molecule has 0 aromatic heterocycles. The van der Waals surface area contributed by atoms with E-state index in [4.69, 9.17) is 0 Å². The summed E-state index contributed by atoms with van der Waals surface area (Å²) in [5.74, 6) is 0. The van der Waals surface area contributed by atoms with E-state index in [2.05, 4.69) is 13.8 Å². The largest absolute Gasteiger partial charge is 0.343 e. The first-order valence-corrected chi connectivity index (χ1v) is 5.71. The topological polar surface area (TPSA) is 0 Å². The van der Waals surface area contributed by atoms with Crippen LogP contribution in [0.1, 0.15) is 71.1 Å². The van der Waals surface area contributed by atoms with E-state index in [1.54, 1.807) is 0 Å². The molecule has 0 aromatic carbocycles. The van der Waals surface area contributed by atoms with Crippen molar-refractivity contribution in [2.45, 2.75) is 71.1 Å². The maximum atomic E-state index is 3.84. The number of rotatable bonds is 9. The van der Waals surface area contributed by atoms with Crippen LogP contribution in [0.3, 0.4) is 0 Å². The third-order valence-electron chi connectivity index (χ3n) is 2.35. The molecule has 0 amide bonds. The third-order valence-corrected chi connectivity index (χ3v) is 2.35. The first-order chi connectivity index (χ1) is 5.91. The van der Waals surface area contributed by atoms with Gasteiger partial charge >= 0.3 is 0 Å². The van der Waals surface area contributed by atoms with E-state index < -0.39 is 0 Å². The molecule has 1 heteroatoms. The van der Waals surface area contributed by atoms with Crippen LogP contribution in [0.2, 0.25) is 0 Å². The fourth-order valence-corrected chi connectivity index (χ4v) is 1.49. The van der Waals surface area contributed by atoms with Crippen molar-refractivity contribution in [3.63, 3.8) is 0 Å². The van der Waals surface area contributed by atoms with Crippen LogP contribution < -0.4 is 0 Å². The van der Waals surface area contributed by atoms with Gasteiger partial charge < -0.3 is 6.92 Å². The molecule has 0 rings (SSSR count). The van der Waals surface area contributed by atoms with Crippen LogP contribution >= 0.6 is 0 Å². The minimum atomic E-state index is 0. The Hall–Kier alpha value is 0.688. The van der Waals surface area contributed by atoms with E-state index in [1.807, 2.05) is 0 Å². The quantitative estimate of drug-likeness (QED) is 0.321. The van der Waals surface area contributed by atoms with Gasteiger partial charge in [0, 0.05) is 21.1 Å². The van der Waals surface area contributed by atoms with Crippen molar-refractivity contribution >= 4 is 0 Å². The second kappa shape index (κ2) is 15.2. The second-order valence-corrected chi connectivity index (χ2v) is 3.68. The molecule has 0 aliphatic carbocycles. The Morgan fingerprint density at radius 1 is 0.692 bits per heavy atom. The van der Waals surface area contributed by atoms with E-state index >= 15 is 0 Å². The van der Waals surface area contributed by atoms with Gasteiger partial charge in [-0.2, -0.15) is 6.42 Å². The number of unbranched alkanes of at least 4 members (excludes halogenated alkanes) is 9. The Kier molecular flexibility index (Phi) is 18.8. The summed E-state index contributed by atoms with van der Waals surface area (Å²) >= 11 is 0. The minimum Gasteiger partial charge on any atom is -0.343 e. The third kappa shape index (κ3) is 15.4. The zero-order chi connectivity index (χ0) is 9.07. The Labute approximate surface area is 99.1 Å². The Bertz CT molecular complexity index is 61.5. The molecule has 0 atom stereocenters. The zero-order valence-corrected chi connectivity index (χ0v) is 11.2. The van der Waals surface area contributed by atoms with Gasteiger partial charge in [0.25, 0.3) is 0 Å². The molecule has 0 spiro atoms. The number of hydrogen-bond acceptors (Lipinski definition) is 0. The molecule has 0 nitrogen and oxygen atoms in total. The van der Waals surface area contributed by atoms with Crippen LogP contribution in [0.5, 0.6) is 0 Å². The summed E-state index contributed by atoms with van der Waals surface area (Å²) in [4.78, 5) is 0. The van der Waals surface area contributed by atoms with Crippen molar-refractivity contribution in [3.05, 3.63) is 6.92 Å². The van der Waals surface area contributed by atoms with Crippen molar-refractivity contribution < 1.29 is 21.1 Å². The van der Waals surface area contributed by atoms with Gasteiger partial charge in [-0.1, -0.05) is 64.7 Å². The maximum Gasteiger partial charge on any atom is 0 e. The Morgan fingerprint density at radius 3 is 1.46 bits per heavy atom. The van der Waals surface area contributed by atoms with Crippen molar-refractivity contribution in [2.24, 2.45) is 0 Å². The summed E-state index contributed by atoms with van der Waals surface area (Å²) in [6, 6.07) is 0. The minimum absolute atomic E-state index is 0. The standard InChI is InChI=1S/C12H25.Mo/c1-3-5-7-9-11-12-10-8-6-4-2;/h1,3-12H2,2H3;/q-1;. The Morgan fingerprint density at radius 2 is 1.08 bits per heavy atom. The average Bonchev–Trinajstić information content (AvgIpc) is 2.10. The molecular weight excluding hydrogens is 240 g/mol. The van der Waals surface area contributed by atoms with E-state index in [0.29, 0.717) is 0 Å². The van der Waals surface area contributed by atoms with E-state index in [0.717, 1.165) is 6.42 Å². The fraction of sp³-hybridized carbons (Fsp3) is 0.917. The van der Waals surface area contributed by atoms with E-state index in [9.17, 15) is 0 Å². The zero-order valence-electron chi connectivity index (χ0n) is 9.19. The monoisotopic (exact) mass is 267 g/mol. The summed E-state index contributed by atoms with van der Waals surface area (Å²) in [7, 11) is 0. The molecule has 0 aromatic rings. The summed E-state index contributed by atoms with van der Waals surface area (Å²) in [5.41, 5.74) is 0. The van der Waals surface area contributed by atoms with Crippen LogP contribution in [-0.4, -0.2) is 0 Å². The van der Waals surface area contributed by atoms with Crippen LogP contribution in [0.4, 0.5) is 0 Å². The van der Waals surface area contributed by atoms with E-state index in [-0.39, 0.29) is 21.1 Å². The molecule has 0 aliphatic heterocycles. The van der Waals surface area contributed by atoms with Gasteiger partial charge in [0.05, 0.1) is 0 Å². The van der Waals surface area contributed by atoms with Crippen LogP contribution in [0.15, 0.2) is 0 Å². The number of hydrogen-bond donors (Lipinski definition) is 0. The molecule has 0 aliphatic rings. The SMILES string of the molecule is [CH2-]CCCCCCCCCCC.[Mo]. The molecule has 0 radical (unpaired) electrons. The van der Waals surface area contributed by atoms with Crippen molar-refractivity contribution in [1.82, 2.24) is 0 Å². The van der Waals surface area contributed by atoms with Crippen molar-refractivity contribution in [3.8, 4) is 0 Å². The molecule has 0 heterocycles. The molecule has 0 bridgehead atoms. The van der Waals surface area contributed by atoms with Gasteiger partial charge in [-0.25, -0.2) is 0 Å². The van der Waals surface area contributed by atoms with Gasteiger partial charge in [-0.05, 0) is 0 Å².